The lowest BCUT2D eigenvalue weighted by molar-refractivity contribution is 0.0759. The van der Waals surface area contributed by atoms with Crippen LogP contribution in [-0.2, 0) is 12.2 Å². The lowest BCUT2D eigenvalue weighted by Gasteiger charge is -2.22. The van der Waals surface area contributed by atoms with Crippen molar-refractivity contribution in [2.75, 3.05) is 0 Å². The maximum Gasteiger partial charge on any atom is 0.0844 e. The summed E-state index contributed by atoms with van der Waals surface area (Å²) in [5.41, 5.74) is 1.91. The molecule has 0 saturated heterocycles. The first kappa shape index (κ1) is 12.2. The van der Waals surface area contributed by atoms with Crippen molar-refractivity contribution in [3.8, 4) is 0 Å². The topological polar surface area (TPSA) is 40.5 Å². The van der Waals surface area contributed by atoms with Crippen molar-refractivity contribution < 1.29 is 10.2 Å². The number of aliphatic hydroxyl groups excluding tert-OH is 1. The number of hydrogen-bond acceptors (Lipinski definition) is 2. The highest BCUT2D eigenvalue weighted by Crippen LogP contribution is 2.27. The van der Waals surface area contributed by atoms with Crippen LogP contribution in [0.15, 0.2) is 18.2 Å². The Kier molecular flexibility index (Phi) is 3.53. The van der Waals surface area contributed by atoms with Crippen molar-refractivity contribution in [1.29, 1.82) is 0 Å². The Morgan fingerprint density at radius 1 is 1.27 bits per heavy atom. The first-order valence-corrected chi connectivity index (χ1v) is 5.32. The van der Waals surface area contributed by atoms with Gasteiger partial charge in [0.2, 0.25) is 0 Å². The second-order valence-corrected chi connectivity index (χ2v) is 4.79. The molecule has 0 aliphatic carbocycles. The molecule has 0 atom stereocenters. The third-order valence-electron chi connectivity index (χ3n) is 2.63. The van der Waals surface area contributed by atoms with E-state index in [0.717, 1.165) is 11.1 Å². The van der Waals surface area contributed by atoms with Gasteiger partial charge in [-0.3, -0.25) is 0 Å². The van der Waals surface area contributed by atoms with Gasteiger partial charge in [0.1, 0.15) is 0 Å². The summed E-state index contributed by atoms with van der Waals surface area (Å²) in [5.74, 6) is 0.436. The summed E-state index contributed by atoms with van der Waals surface area (Å²) in [6.45, 7) is 7.66. The maximum absolute atomic E-state index is 9.92. The van der Waals surface area contributed by atoms with Crippen molar-refractivity contribution in [3.05, 3.63) is 34.9 Å². The van der Waals surface area contributed by atoms with E-state index >= 15 is 0 Å². The molecule has 1 rings (SSSR count). The van der Waals surface area contributed by atoms with Gasteiger partial charge in [-0.05, 0) is 36.5 Å². The quantitative estimate of drug-likeness (QED) is 0.801. The molecule has 0 unspecified atom stereocenters. The molecule has 0 radical (unpaired) electrons. The van der Waals surface area contributed by atoms with Gasteiger partial charge in [-0.1, -0.05) is 32.0 Å². The maximum atomic E-state index is 9.92. The van der Waals surface area contributed by atoms with Crippen LogP contribution in [0.3, 0.4) is 0 Å². The molecule has 0 spiro atoms. The number of hydrogen-bond donors (Lipinski definition) is 2. The fourth-order valence-corrected chi connectivity index (χ4v) is 1.70. The third kappa shape index (κ3) is 2.80. The zero-order valence-corrected chi connectivity index (χ0v) is 9.91. The van der Waals surface area contributed by atoms with Gasteiger partial charge in [-0.25, -0.2) is 0 Å². The van der Waals surface area contributed by atoms with E-state index in [9.17, 15) is 10.2 Å². The molecule has 0 bridgehead atoms. The van der Waals surface area contributed by atoms with E-state index in [4.69, 9.17) is 0 Å². The molecule has 0 aliphatic rings. The molecule has 0 aliphatic heterocycles. The molecule has 1 aromatic rings. The standard InChI is InChI=1S/C13H20O2/c1-9(2)10-5-6-12(13(3,4)15)11(7-10)8-14/h5-7,9,14-15H,8H2,1-4H3. The number of rotatable bonds is 3. The zero-order valence-electron chi connectivity index (χ0n) is 9.91. The largest absolute Gasteiger partial charge is 0.392 e. The average molecular weight is 208 g/mol. The van der Waals surface area contributed by atoms with Crippen LogP contribution in [-0.4, -0.2) is 10.2 Å². The molecular weight excluding hydrogens is 188 g/mol. The molecule has 2 nitrogen and oxygen atoms in total. The monoisotopic (exact) mass is 208 g/mol. The Morgan fingerprint density at radius 2 is 1.87 bits per heavy atom. The molecule has 15 heavy (non-hydrogen) atoms. The van der Waals surface area contributed by atoms with Crippen LogP contribution in [0.1, 0.15) is 50.3 Å². The minimum atomic E-state index is -0.895. The average Bonchev–Trinajstić information content (AvgIpc) is 2.15. The van der Waals surface area contributed by atoms with Crippen molar-refractivity contribution in [2.24, 2.45) is 0 Å². The summed E-state index contributed by atoms with van der Waals surface area (Å²) in [6, 6.07) is 5.88. The molecule has 0 saturated carbocycles. The van der Waals surface area contributed by atoms with E-state index in [1.807, 2.05) is 18.2 Å². The van der Waals surface area contributed by atoms with Gasteiger partial charge in [-0.15, -0.1) is 0 Å². The summed E-state index contributed by atoms with van der Waals surface area (Å²) in [6.07, 6.45) is 0. The Morgan fingerprint density at radius 3 is 2.27 bits per heavy atom. The summed E-state index contributed by atoms with van der Waals surface area (Å²) < 4.78 is 0. The van der Waals surface area contributed by atoms with E-state index in [1.165, 1.54) is 5.56 Å². The smallest absolute Gasteiger partial charge is 0.0844 e. The highest BCUT2D eigenvalue weighted by atomic mass is 16.3. The number of benzene rings is 1. The molecule has 1 aromatic carbocycles. The Hall–Kier alpha value is -0.860. The number of aliphatic hydroxyl groups is 2. The lowest BCUT2D eigenvalue weighted by Crippen LogP contribution is -2.18. The van der Waals surface area contributed by atoms with Gasteiger partial charge in [0, 0.05) is 0 Å². The minimum absolute atomic E-state index is 0.0279. The Balaban J connectivity index is 3.21. The van der Waals surface area contributed by atoms with Crippen LogP contribution in [0.25, 0.3) is 0 Å². The predicted octanol–water partition coefficient (Wildman–Crippen LogP) is 2.53. The molecule has 0 amide bonds. The van der Waals surface area contributed by atoms with Crippen LogP contribution in [0, 0.1) is 0 Å². The van der Waals surface area contributed by atoms with Crippen LogP contribution in [0.5, 0.6) is 0 Å². The normalized spacial score (nSPS) is 12.2. The van der Waals surface area contributed by atoms with Crippen LogP contribution < -0.4 is 0 Å². The first-order valence-electron chi connectivity index (χ1n) is 5.32. The fraction of sp³-hybridized carbons (Fsp3) is 0.538. The molecule has 0 fully saturated rings. The van der Waals surface area contributed by atoms with Crippen molar-refractivity contribution in [3.63, 3.8) is 0 Å². The third-order valence-corrected chi connectivity index (χ3v) is 2.63. The predicted molar refractivity (Wildman–Crippen MR) is 61.7 cm³/mol. The van der Waals surface area contributed by atoms with E-state index in [0.29, 0.717) is 5.92 Å². The van der Waals surface area contributed by atoms with E-state index in [-0.39, 0.29) is 6.61 Å². The first-order chi connectivity index (χ1) is 6.86. The van der Waals surface area contributed by atoms with Gasteiger partial charge >= 0.3 is 0 Å². The van der Waals surface area contributed by atoms with Gasteiger partial charge in [-0.2, -0.15) is 0 Å². The molecule has 0 aromatic heterocycles. The van der Waals surface area contributed by atoms with E-state index in [1.54, 1.807) is 13.8 Å². The fourth-order valence-electron chi connectivity index (χ4n) is 1.70. The van der Waals surface area contributed by atoms with Crippen LogP contribution >= 0.6 is 0 Å². The van der Waals surface area contributed by atoms with Gasteiger partial charge in [0.25, 0.3) is 0 Å². The molecule has 2 N–H and O–H groups in total. The van der Waals surface area contributed by atoms with E-state index < -0.39 is 5.60 Å². The van der Waals surface area contributed by atoms with Gasteiger partial charge in [0.15, 0.2) is 0 Å². The van der Waals surface area contributed by atoms with Crippen LogP contribution in [0.2, 0.25) is 0 Å². The van der Waals surface area contributed by atoms with Crippen molar-refractivity contribution >= 4 is 0 Å². The summed E-state index contributed by atoms with van der Waals surface area (Å²) in [7, 11) is 0. The van der Waals surface area contributed by atoms with Gasteiger partial charge in [0.05, 0.1) is 12.2 Å². The lowest BCUT2D eigenvalue weighted by atomic mass is 9.90. The minimum Gasteiger partial charge on any atom is -0.392 e. The molecule has 2 heteroatoms. The second-order valence-electron chi connectivity index (χ2n) is 4.79. The second kappa shape index (κ2) is 4.33. The highest BCUT2D eigenvalue weighted by Gasteiger charge is 2.19. The summed E-state index contributed by atoms with van der Waals surface area (Å²) >= 11 is 0. The Labute approximate surface area is 91.6 Å². The van der Waals surface area contributed by atoms with Gasteiger partial charge < -0.3 is 10.2 Å². The zero-order chi connectivity index (χ0) is 11.6. The van der Waals surface area contributed by atoms with Crippen molar-refractivity contribution in [2.45, 2.75) is 45.8 Å². The molecule has 0 heterocycles. The van der Waals surface area contributed by atoms with Crippen molar-refractivity contribution in [1.82, 2.24) is 0 Å². The van der Waals surface area contributed by atoms with Crippen LogP contribution in [0.4, 0.5) is 0 Å². The molecular formula is C13H20O2. The SMILES string of the molecule is CC(C)c1ccc(C(C)(C)O)c(CO)c1. The Bertz CT molecular complexity index is 335. The summed E-state index contributed by atoms with van der Waals surface area (Å²) in [4.78, 5) is 0. The molecule has 84 valence electrons. The van der Waals surface area contributed by atoms with E-state index in [2.05, 4.69) is 13.8 Å². The summed E-state index contributed by atoms with van der Waals surface area (Å²) in [5, 5.41) is 19.2. The highest BCUT2D eigenvalue weighted by molar-refractivity contribution is 5.36.